The second-order valence-electron chi connectivity index (χ2n) is 6.12. The van der Waals surface area contributed by atoms with E-state index in [1.54, 1.807) is 17.3 Å². The van der Waals surface area contributed by atoms with Crippen LogP contribution in [0.4, 0.5) is 10.5 Å². The lowest BCUT2D eigenvalue weighted by molar-refractivity contribution is 0.0210. The molecule has 1 aliphatic rings. The summed E-state index contributed by atoms with van der Waals surface area (Å²) >= 11 is 0. The molecule has 1 aromatic heterocycles. The smallest absolute Gasteiger partial charge is 0.410 e. The van der Waals surface area contributed by atoms with Crippen LogP contribution >= 0.6 is 0 Å². The third kappa shape index (κ3) is 4.40. The van der Waals surface area contributed by atoms with E-state index in [4.69, 9.17) is 4.74 Å². The lowest BCUT2D eigenvalue weighted by Gasteiger charge is -2.34. The van der Waals surface area contributed by atoms with Crippen molar-refractivity contribution in [2.45, 2.75) is 45.3 Å². The highest BCUT2D eigenvalue weighted by atomic mass is 16.6. The normalized spacial score (nSPS) is 16.9. The van der Waals surface area contributed by atoms with Crippen LogP contribution in [-0.4, -0.2) is 40.7 Å². The SMILES string of the molecule is CC(C)(C)OC(=O)N1CCC(Nc2ccncc2)CC1. The molecule has 0 unspecified atom stereocenters. The molecule has 0 radical (unpaired) electrons. The zero-order valence-corrected chi connectivity index (χ0v) is 12.4. The average molecular weight is 277 g/mol. The van der Waals surface area contributed by atoms with Gasteiger partial charge in [0.25, 0.3) is 0 Å². The first-order valence-electron chi connectivity index (χ1n) is 7.08. The van der Waals surface area contributed by atoms with Gasteiger partial charge < -0.3 is 15.0 Å². The van der Waals surface area contributed by atoms with Gasteiger partial charge in [0.05, 0.1) is 0 Å². The van der Waals surface area contributed by atoms with E-state index in [0.29, 0.717) is 6.04 Å². The molecule has 0 aromatic carbocycles. The van der Waals surface area contributed by atoms with Gasteiger partial charge >= 0.3 is 6.09 Å². The molecule has 1 fully saturated rings. The third-order valence-corrected chi connectivity index (χ3v) is 3.20. The molecule has 1 saturated heterocycles. The van der Waals surface area contributed by atoms with E-state index in [-0.39, 0.29) is 6.09 Å². The fourth-order valence-electron chi connectivity index (χ4n) is 2.22. The predicted molar refractivity (Wildman–Crippen MR) is 78.7 cm³/mol. The van der Waals surface area contributed by atoms with E-state index in [1.165, 1.54) is 0 Å². The molecule has 5 nitrogen and oxygen atoms in total. The van der Waals surface area contributed by atoms with Crippen LogP contribution in [0.1, 0.15) is 33.6 Å². The fourth-order valence-corrected chi connectivity index (χ4v) is 2.22. The Morgan fingerprint density at radius 2 is 1.90 bits per heavy atom. The van der Waals surface area contributed by atoms with Crippen molar-refractivity contribution in [3.63, 3.8) is 0 Å². The minimum Gasteiger partial charge on any atom is -0.444 e. The van der Waals surface area contributed by atoms with Crippen LogP contribution < -0.4 is 5.32 Å². The largest absolute Gasteiger partial charge is 0.444 e. The van der Waals surface area contributed by atoms with Gasteiger partial charge in [0.2, 0.25) is 0 Å². The first-order valence-corrected chi connectivity index (χ1v) is 7.08. The van der Waals surface area contributed by atoms with Gasteiger partial charge in [-0.2, -0.15) is 0 Å². The van der Waals surface area contributed by atoms with E-state index < -0.39 is 5.60 Å². The second-order valence-corrected chi connectivity index (χ2v) is 6.12. The number of aromatic nitrogens is 1. The lowest BCUT2D eigenvalue weighted by atomic mass is 10.1. The van der Waals surface area contributed by atoms with Gasteiger partial charge in [0.15, 0.2) is 0 Å². The molecule has 2 rings (SSSR count). The fraction of sp³-hybridized carbons (Fsp3) is 0.600. The molecule has 0 aliphatic carbocycles. The number of piperidine rings is 1. The monoisotopic (exact) mass is 277 g/mol. The molecule has 0 bridgehead atoms. The van der Waals surface area contributed by atoms with Crippen molar-refractivity contribution in [3.8, 4) is 0 Å². The molecule has 1 aromatic rings. The number of nitrogens with one attached hydrogen (secondary N) is 1. The number of hydrogen-bond donors (Lipinski definition) is 1. The van der Waals surface area contributed by atoms with E-state index in [0.717, 1.165) is 31.6 Å². The van der Waals surface area contributed by atoms with E-state index in [1.807, 2.05) is 32.9 Å². The van der Waals surface area contributed by atoms with Gasteiger partial charge in [-0.05, 0) is 45.7 Å². The van der Waals surface area contributed by atoms with Gasteiger partial charge in [-0.1, -0.05) is 0 Å². The Hall–Kier alpha value is -1.78. The summed E-state index contributed by atoms with van der Waals surface area (Å²) in [5.41, 5.74) is 0.652. The quantitative estimate of drug-likeness (QED) is 0.903. The highest BCUT2D eigenvalue weighted by molar-refractivity contribution is 5.68. The number of nitrogens with zero attached hydrogens (tertiary/aromatic N) is 2. The van der Waals surface area contributed by atoms with Crippen molar-refractivity contribution in [3.05, 3.63) is 24.5 Å². The summed E-state index contributed by atoms with van der Waals surface area (Å²) in [7, 11) is 0. The van der Waals surface area contributed by atoms with Gasteiger partial charge in [0, 0.05) is 37.2 Å². The van der Waals surface area contributed by atoms with Crippen molar-refractivity contribution in [1.29, 1.82) is 0 Å². The van der Waals surface area contributed by atoms with Gasteiger partial charge in [0.1, 0.15) is 5.60 Å². The molecule has 0 saturated carbocycles. The number of anilines is 1. The van der Waals surface area contributed by atoms with Crippen molar-refractivity contribution in [1.82, 2.24) is 9.88 Å². The van der Waals surface area contributed by atoms with Gasteiger partial charge in [-0.3, -0.25) is 4.98 Å². The summed E-state index contributed by atoms with van der Waals surface area (Å²) in [6, 6.07) is 4.32. The number of likely N-dealkylation sites (tertiary alicyclic amines) is 1. The van der Waals surface area contributed by atoms with Crippen molar-refractivity contribution >= 4 is 11.8 Å². The number of hydrogen-bond acceptors (Lipinski definition) is 4. The Bertz CT molecular complexity index is 434. The Labute approximate surface area is 120 Å². The standard InChI is InChI=1S/C15H23N3O2/c1-15(2,3)20-14(19)18-10-6-13(7-11-18)17-12-4-8-16-9-5-12/h4-5,8-9,13H,6-7,10-11H2,1-3H3,(H,16,17). The summed E-state index contributed by atoms with van der Waals surface area (Å²) in [6.07, 6.45) is 5.21. The van der Waals surface area contributed by atoms with Crippen molar-refractivity contribution in [2.24, 2.45) is 0 Å². The highest BCUT2D eigenvalue weighted by Crippen LogP contribution is 2.18. The molecule has 1 amide bonds. The van der Waals surface area contributed by atoms with Crippen molar-refractivity contribution < 1.29 is 9.53 Å². The maximum atomic E-state index is 12.0. The van der Waals surface area contributed by atoms with Crippen molar-refractivity contribution in [2.75, 3.05) is 18.4 Å². The zero-order valence-electron chi connectivity index (χ0n) is 12.4. The van der Waals surface area contributed by atoms with Crippen LogP contribution in [0.2, 0.25) is 0 Å². The predicted octanol–water partition coefficient (Wildman–Crippen LogP) is 2.89. The molecule has 1 aliphatic heterocycles. The Morgan fingerprint density at radius 3 is 2.45 bits per heavy atom. The molecule has 2 heterocycles. The van der Waals surface area contributed by atoms with Crippen LogP contribution in [-0.2, 0) is 4.74 Å². The van der Waals surface area contributed by atoms with Gasteiger partial charge in [-0.15, -0.1) is 0 Å². The number of ether oxygens (including phenoxy) is 1. The number of rotatable bonds is 2. The minimum absolute atomic E-state index is 0.208. The summed E-state index contributed by atoms with van der Waals surface area (Å²) in [5, 5.41) is 3.47. The van der Waals surface area contributed by atoms with Crippen LogP contribution in [0.5, 0.6) is 0 Å². The van der Waals surface area contributed by atoms with E-state index in [9.17, 15) is 4.79 Å². The van der Waals surface area contributed by atoms with Gasteiger partial charge in [-0.25, -0.2) is 4.79 Å². The highest BCUT2D eigenvalue weighted by Gasteiger charge is 2.26. The molecule has 1 N–H and O–H groups in total. The first-order chi connectivity index (χ1) is 9.44. The molecular formula is C15H23N3O2. The number of carbonyl (C=O) groups is 1. The summed E-state index contributed by atoms with van der Waals surface area (Å²) in [6.45, 7) is 7.14. The third-order valence-electron chi connectivity index (χ3n) is 3.20. The molecule has 0 atom stereocenters. The Kier molecular flexibility index (Phi) is 4.47. The van der Waals surface area contributed by atoms with Crippen LogP contribution in [0.25, 0.3) is 0 Å². The lowest BCUT2D eigenvalue weighted by Crippen LogP contribution is -2.44. The Morgan fingerprint density at radius 1 is 1.30 bits per heavy atom. The number of carbonyl (C=O) groups excluding carboxylic acids is 1. The molecule has 20 heavy (non-hydrogen) atoms. The maximum Gasteiger partial charge on any atom is 0.410 e. The van der Waals surface area contributed by atoms with Crippen LogP contribution in [0.15, 0.2) is 24.5 Å². The number of amides is 1. The molecule has 5 heteroatoms. The minimum atomic E-state index is -0.427. The number of pyridine rings is 1. The summed E-state index contributed by atoms with van der Waals surface area (Å²) in [4.78, 5) is 17.7. The van der Waals surface area contributed by atoms with Crippen LogP contribution in [0.3, 0.4) is 0 Å². The van der Waals surface area contributed by atoms with E-state index >= 15 is 0 Å². The first kappa shape index (κ1) is 14.6. The summed E-state index contributed by atoms with van der Waals surface area (Å²) < 4.78 is 5.39. The molecule has 0 spiro atoms. The van der Waals surface area contributed by atoms with Crippen LogP contribution in [0, 0.1) is 0 Å². The average Bonchev–Trinajstić information content (AvgIpc) is 2.39. The summed E-state index contributed by atoms with van der Waals surface area (Å²) in [5.74, 6) is 0. The maximum absolute atomic E-state index is 12.0. The molecule has 110 valence electrons. The Balaban J connectivity index is 1.79. The second kappa shape index (κ2) is 6.11. The molecular weight excluding hydrogens is 254 g/mol. The van der Waals surface area contributed by atoms with E-state index in [2.05, 4.69) is 10.3 Å². The topological polar surface area (TPSA) is 54.5 Å². The zero-order chi connectivity index (χ0) is 14.6.